The van der Waals surface area contributed by atoms with Gasteiger partial charge in [0.25, 0.3) is 0 Å². The summed E-state index contributed by atoms with van der Waals surface area (Å²) in [6.07, 6.45) is 2.02. The summed E-state index contributed by atoms with van der Waals surface area (Å²) in [5, 5.41) is 47.1. The SMILES string of the molecule is C=CCCCCCCCC(=O)N(C)C[C@H](O)[C@@H](O)[C@H](O)[C@H](O)CO. The summed E-state index contributed by atoms with van der Waals surface area (Å²) >= 11 is 0. The van der Waals surface area contributed by atoms with E-state index < -0.39 is 31.0 Å². The van der Waals surface area contributed by atoms with E-state index in [2.05, 4.69) is 6.58 Å². The molecule has 0 bridgehead atoms. The van der Waals surface area contributed by atoms with Crippen LogP contribution in [0, 0.1) is 0 Å². The second-order valence-electron chi connectivity index (χ2n) is 6.17. The molecule has 0 saturated carbocycles. The van der Waals surface area contributed by atoms with Crippen molar-refractivity contribution in [3.8, 4) is 0 Å². The number of aliphatic hydroxyl groups excluding tert-OH is 5. The Hall–Kier alpha value is -0.990. The van der Waals surface area contributed by atoms with Gasteiger partial charge in [0.2, 0.25) is 5.91 Å². The van der Waals surface area contributed by atoms with E-state index in [0.29, 0.717) is 6.42 Å². The molecule has 0 fully saturated rings. The first-order valence-corrected chi connectivity index (χ1v) is 8.53. The summed E-state index contributed by atoms with van der Waals surface area (Å²) in [6.45, 7) is 2.78. The van der Waals surface area contributed by atoms with E-state index in [1.165, 1.54) is 11.9 Å². The number of amides is 1. The Morgan fingerprint density at radius 2 is 1.54 bits per heavy atom. The van der Waals surface area contributed by atoms with Crippen LogP contribution in [0.5, 0.6) is 0 Å². The normalized spacial score (nSPS) is 16.2. The minimum Gasteiger partial charge on any atom is -0.394 e. The van der Waals surface area contributed by atoms with Gasteiger partial charge >= 0.3 is 0 Å². The highest BCUT2D eigenvalue weighted by atomic mass is 16.4. The van der Waals surface area contributed by atoms with Gasteiger partial charge in [-0.3, -0.25) is 4.79 Å². The van der Waals surface area contributed by atoms with Crippen molar-refractivity contribution in [1.29, 1.82) is 0 Å². The van der Waals surface area contributed by atoms with Crippen LogP contribution in [0.1, 0.15) is 44.9 Å². The standard InChI is InChI=1S/C17H33NO6/c1-3-4-5-6-7-8-9-10-15(22)18(2)11-13(20)16(23)17(24)14(21)12-19/h3,13-14,16-17,19-21,23-24H,1,4-12H2,2H3/t13-,14+,16+,17+/m0/s1. The monoisotopic (exact) mass is 347 g/mol. The number of hydrogen-bond acceptors (Lipinski definition) is 6. The number of unbranched alkanes of at least 4 members (excludes halogenated alkanes) is 5. The molecule has 5 N–H and O–H groups in total. The lowest BCUT2D eigenvalue weighted by atomic mass is 10.0. The number of hydrogen-bond donors (Lipinski definition) is 5. The lowest BCUT2D eigenvalue weighted by molar-refractivity contribution is -0.138. The first-order valence-electron chi connectivity index (χ1n) is 8.53. The van der Waals surface area contributed by atoms with E-state index >= 15 is 0 Å². The largest absolute Gasteiger partial charge is 0.394 e. The van der Waals surface area contributed by atoms with Crippen LogP contribution >= 0.6 is 0 Å². The molecule has 24 heavy (non-hydrogen) atoms. The zero-order valence-electron chi connectivity index (χ0n) is 14.5. The van der Waals surface area contributed by atoms with Gasteiger partial charge < -0.3 is 30.4 Å². The van der Waals surface area contributed by atoms with Crippen molar-refractivity contribution in [1.82, 2.24) is 4.90 Å². The molecule has 0 radical (unpaired) electrons. The summed E-state index contributed by atoms with van der Waals surface area (Å²) in [6, 6.07) is 0. The molecule has 0 unspecified atom stereocenters. The van der Waals surface area contributed by atoms with Gasteiger partial charge in [0.05, 0.1) is 6.61 Å². The molecule has 0 aromatic carbocycles. The predicted octanol–water partition coefficient (Wildman–Crippen LogP) is -0.203. The van der Waals surface area contributed by atoms with E-state index in [1.807, 2.05) is 6.08 Å². The van der Waals surface area contributed by atoms with Gasteiger partial charge in [-0.1, -0.05) is 25.3 Å². The summed E-state index contributed by atoms with van der Waals surface area (Å²) in [4.78, 5) is 13.3. The Kier molecular flexibility index (Phi) is 12.8. The molecule has 0 spiro atoms. The van der Waals surface area contributed by atoms with Crippen LogP contribution in [-0.4, -0.2) is 81.0 Å². The van der Waals surface area contributed by atoms with Crippen molar-refractivity contribution >= 4 is 5.91 Å². The number of carbonyl (C=O) groups excluding carboxylic acids is 1. The lowest BCUT2D eigenvalue weighted by Crippen LogP contribution is -2.49. The first kappa shape index (κ1) is 23.0. The maximum absolute atomic E-state index is 12.0. The van der Waals surface area contributed by atoms with Crippen LogP contribution in [-0.2, 0) is 4.79 Å². The number of carbonyl (C=O) groups is 1. The van der Waals surface area contributed by atoms with E-state index in [4.69, 9.17) is 5.11 Å². The Morgan fingerprint density at radius 3 is 2.12 bits per heavy atom. The molecule has 0 aliphatic carbocycles. The van der Waals surface area contributed by atoms with Gasteiger partial charge in [0, 0.05) is 20.0 Å². The molecule has 0 saturated heterocycles. The van der Waals surface area contributed by atoms with Gasteiger partial charge in [-0.2, -0.15) is 0 Å². The topological polar surface area (TPSA) is 121 Å². The maximum atomic E-state index is 12.0. The summed E-state index contributed by atoms with van der Waals surface area (Å²) in [5.41, 5.74) is 0. The zero-order chi connectivity index (χ0) is 18.5. The third-order valence-electron chi connectivity index (χ3n) is 4.01. The van der Waals surface area contributed by atoms with E-state index in [0.717, 1.165) is 38.5 Å². The molecule has 7 heteroatoms. The van der Waals surface area contributed by atoms with Crippen LogP contribution in [0.3, 0.4) is 0 Å². The van der Waals surface area contributed by atoms with Gasteiger partial charge in [-0.25, -0.2) is 0 Å². The van der Waals surface area contributed by atoms with Crippen LogP contribution < -0.4 is 0 Å². The van der Waals surface area contributed by atoms with Gasteiger partial charge in [0.15, 0.2) is 0 Å². The van der Waals surface area contributed by atoms with Crippen LogP contribution in [0.2, 0.25) is 0 Å². The van der Waals surface area contributed by atoms with E-state index in [1.54, 1.807) is 0 Å². The third-order valence-corrected chi connectivity index (χ3v) is 4.01. The highest BCUT2D eigenvalue weighted by Gasteiger charge is 2.31. The predicted molar refractivity (Wildman–Crippen MR) is 91.3 cm³/mol. The highest BCUT2D eigenvalue weighted by Crippen LogP contribution is 2.10. The van der Waals surface area contributed by atoms with Gasteiger partial charge in [-0.05, 0) is 19.3 Å². The highest BCUT2D eigenvalue weighted by molar-refractivity contribution is 5.75. The van der Waals surface area contributed by atoms with Crippen molar-refractivity contribution in [2.24, 2.45) is 0 Å². The summed E-state index contributed by atoms with van der Waals surface area (Å²) < 4.78 is 0. The molecule has 0 rings (SSSR count). The molecule has 0 aromatic heterocycles. The minimum atomic E-state index is -1.68. The van der Waals surface area contributed by atoms with Crippen LogP contribution in [0.4, 0.5) is 0 Å². The Morgan fingerprint density at radius 1 is 1.00 bits per heavy atom. The average molecular weight is 347 g/mol. The molecule has 0 aromatic rings. The number of aliphatic hydroxyl groups is 5. The fourth-order valence-electron chi connectivity index (χ4n) is 2.34. The maximum Gasteiger partial charge on any atom is 0.222 e. The zero-order valence-corrected chi connectivity index (χ0v) is 14.5. The quantitative estimate of drug-likeness (QED) is 0.219. The van der Waals surface area contributed by atoms with Gasteiger partial charge in [0.1, 0.15) is 24.4 Å². The van der Waals surface area contributed by atoms with E-state index in [9.17, 15) is 25.2 Å². The third kappa shape index (κ3) is 9.34. The second kappa shape index (κ2) is 13.3. The van der Waals surface area contributed by atoms with Crippen LogP contribution in [0.15, 0.2) is 12.7 Å². The molecule has 142 valence electrons. The van der Waals surface area contributed by atoms with Gasteiger partial charge in [-0.15, -0.1) is 6.58 Å². The molecular weight excluding hydrogens is 314 g/mol. The lowest BCUT2D eigenvalue weighted by Gasteiger charge is -2.28. The average Bonchev–Trinajstić information content (AvgIpc) is 2.58. The van der Waals surface area contributed by atoms with Crippen molar-refractivity contribution < 1.29 is 30.3 Å². The van der Waals surface area contributed by atoms with Crippen molar-refractivity contribution in [3.63, 3.8) is 0 Å². The minimum absolute atomic E-state index is 0.149. The molecule has 0 aliphatic rings. The smallest absolute Gasteiger partial charge is 0.222 e. The number of rotatable bonds is 14. The fourth-order valence-corrected chi connectivity index (χ4v) is 2.34. The number of allylic oxidation sites excluding steroid dienone is 1. The molecule has 0 heterocycles. The van der Waals surface area contributed by atoms with Crippen molar-refractivity contribution in [2.45, 2.75) is 69.4 Å². The van der Waals surface area contributed by atoms with Crippen molar-refractivity contribution in [3.05, 3.63) is 12.7 Å². The second-order valence-corrected chi connectivity index (χ2v) is 6.17. The fraction of sp³-hybridized carbons (Fsp3) is 0.824. The Labute approximate surface area is 144 Å². The summed E-state index contributed by atoms with van der Waals surface area (Å²) in [5.74, 6) is -0.149. The Balaban J connectivity index is 4.01. The number of nitrogens with zero attached hydrogens (tertiary/aromatic N) is 1. The molecule has 0 aliphatic heterocycles. The van der Waals surface area contributed by atoms with E-state index in [-0.39, 0.29) is 12.5 Å². The molecule has 1 amide bonds. The molecule has 4 atom stereocenters. The molecular formula is C17H33NO6. The van der Waals surface area contributed by atoms with Crippen molar-refractivity contribution in [2.75, 3.05) is 20.2 Å². The summed E-state index contributed by atoms with van der Waals surface area (Å²) in [7, 11) is 1.51. The first-order chi connectivity index (χ1) is 11.3. The number of likely N-dealkylation sites (N-methyl/N-ethyl adjacent to an activating group) is 1. The Bertz CT molecular complexity index is 352. The van der Waals surface area contributed by atoms with Crippen LogP contribution in [0.25, 0.3) is 0 Å². The molecule has 7 nitrogen and oxygen atoms in total.